The van der Waals surface area contributed by atoms with Crippen LogP contribution in [0.25, 0.3) is 0 Å². The maximum absolute atomic E-state index is 12.0. The van der Waals surface area contributed by atoms with Crippen LogP contribution in [-0.4, -0.2) is 82.3 Å². The number of ketones is 1. The summed E-state index contributed by atoms with van der Waals surface area (Å²) in [6.45, 7) is 5.23. The van der Waals surface area contributed by atoms with E-state index in [1.54, 1.807) is 19.1 Å². The largest absolute Gasteiger partial charge is 0.385 e. The number of nitrogens with one attached hydrogen (secondary N) is 1. The van der Waals surface area contributed by atoms with Gasteiger partial charge in [-0.15, -0.1) is 0 Å². The maximum Gasteiger partial charge on any atom is 0.223 e. The highest BCUT2D eigenvalue weighted by Gasteiger charge is 2.34. The van der Waals surface area contributed by atoms with Crippen LogP contribution in [0, 0.1) is 5.92 Å². The van der Waals surface area contributed by atoms with Gasteiger partial charge in [0.2, 0.25) is 11.8 Å². The molecule has 28 heavy (non-hydrogen) atoms. The van der Waals surface area contributed by atoms with Crippen molar-refractivity contribution >= 4 is 17.6 Å². The maximum atomic E-state index is 12.0. The van der Waals surface area contributed by atoms with Crippen molar-refractivity contribution in [2.75, 3.05) is 53.7 Å². The number of carbonyl (C=O) groups is 3. The van der Waals surface area contributed by atoms with E-state index in [1.807, 2.05) is 0 Å². The lowest BCUT2D eigenvalue weighted by molar-refractivity contribution is -0.145. The number of carbonyl (C=O) groups excluding carboxylic acids is 3. The van der Waals surface area contributed by atoms with Gasteiger partial charge in [-0.25, -0.2) is 0 Å². The van der Waals surface area contributed by atoms with Crippen molar-refractivity contribution in [3.05, 3.63) is 0 Å². The highest BCUT2D eigenvalue weighted by atomic mass is 16.5. The van der Waals surface area contributed by atoms with Gasteiger partial charge >= 0.3 is 0 Å². The van der Waals surface area contributed by atoms with Crippen LogP contribution in [0.1, 0.15) is 45.4 Å². The zero-order chi connectivity index (χ0) is 20.8. The van der Waals surface area contributed by atoms with E-state index in [4.69, 9.17) is 14.2 Å². The van der Waals surface area contributed by atoms with E-state index in [0.29, 0.717) is 64.7 Å². The highest BCUT2D eigenvalue weighted by molar-refractivity contribution is 5.89. The molecule has 1 N–H and O–H groups in total. The van der Waals surface area contributed by atoms with Crippen LogP contribution in [0.5, 0.6) is 0 Å². The van der Waals surface area contributed by atoms with Gasteiger partial charge in [0, 0.05) is 59.3 Å². The van der Waals surface area contributed by atoms with Crippen molar-refractivity contribution in [3.8, 4) is 0 Å². The summed E-state index contributed by atoms with van der Waals surface area (Å²) in [4.78, 5) is 36.8. The van der Waals surface area contributed by atoms with E-state index in [0.717, 1.165) is 19.3 Å². The minimum Gasteiger partial charge on any atom is -0.385 e. The summed E-state index contributed by atoms with van der Waals surface area (Å²) in [6.07, 6.45) is 3.51. The lowest BCUT2D eigenvalue weighted by Crippen LogP contribution is -2.54. The molecular weight excluding hydrogens is 364 g/mol. The average Bonchev–Trinajstić information content (AvgIpc) is 2.60. The number of Topliss-reactive ketones (excluding diaryl/α,β-unsaturated/α-hetero) is 1. The summed E-state index contributed by atoms with van der Waals surface area (Å²) in [6, 6.07) is -0.251. The number of hydrogen-bond donors (Lipinski definition) is 1. The summed E-state index contributed by atoms with van der Waals surface area (Å²) in [5, 5.41) is 2.85. The molecule has 0 radical (unpaired) electrons. The highest BCUT2D eigenvalue weighted by Crippen LogP contribution is 2.19. The second kappa shape index (κ2) is 14.5. The topological polar surface area (TPSA) is 94.2 Å². The molecule has 8 nitrogen and oxygen atoms in total. The van der Waals surface area contributed by atoms with Crippen LogP contribution in [-0.2, 0) is 28.6 Å². The van der Waals surface area contributed by atoms with Crippen molar-refractivity contribution in [1.82, 2.24) is 10.2 Å². The Morgan fingerprint density at radius 2 is 1.86 bits per heavy atom. The van der Waals surface area contributed by atoms with Crippen LogP contribution < -0.4 is 5.32 Å². The Morgan fingerprint density at radius 3 is 2.46 bits per heavy atom. The number of likely N-dealkylation sites (tertiary alicyclic amines) is 1. The Labute approximate surface area is 168 Å². The van der Waals surface area contributed by atoms with E-state index in [1.165, 1.54) is 6.92 Å². The Hall–Kier alpha value is -1.51. The van der Waals surface area contributed by atoms with E-state index in [-0.39, 0.29) is 23.6 Å². The van der Waals surface area contributed by atoms with E-state index in [2.05, 4.69) is 5.32 Å². The molecule has 1 rings (SSSR count). The molecule has 0 aromatic carbocycles. The van der Waals surface area contributed by atoms with Crippen molar-refractivity contribution in [3.63, 3.8) is 0 Å². The van der Waals surface area contributed by atoms with Crippen molar-refractivity contribution in [2.24, 2.45) is 5.92 Å². The van der Waals surface area contributed by atoms with Crippen molar-refractivity contribution in [2.45, 2.75) is 51.5 Å². The number of amides is 2. The van der Waals surface area contributed by atoms with Crippen LogP contribution in [0.2, 0.25) is 0 Å². The quantitative estimate of drug-likeness (QED) is 0.391. The van der Waals surface area contributed by atoms with Gasteiger partial charge in [0.05, 0.1) is 19.3 Å². The molecule has 1 heterocycles. The minimum atomic E-state index is -0.251. The van der Waals surface area contributed by atoms with Crippen molar-refractivity contribution in [1.29, 1.82) is 0 Å². The van der Waals surface area contributed by atoms with E-state index >= 15 is 0 Å². The fourth-order valence-electron chi connectivity index (χ4n) is 3.13. The molecule has 1 fully saturated rings. The monoisotopic (exact) mass is 400 g/mol. The first-order chi connectivity index (χ1) is 13.5. The van der Waals surface area contributed by atoms with Gasteiger partial charge in [0.25, 0.3) is 0 Å². The molecule has 162 valence electrons. The third-order valence-electron chi connectivity index (χ3n) is 4.88. The predicted octanol–water partition coefficient (Wildman–Crippen LogP) is 1.17. The van der Waals surface area contributed by atoms with Gasteiger partial charge in [0.15, 0.2) is 5.78 Å². The molecule has 2 amide bonds. The normalized spacial score (nSPS) is 17.1. The van der Waals surface area contributed by atoms with Gasteiger partial charge in [-0.05, 0) is 32.6 Å². The first kappa shape index (κ1) is 24.5. The SMILES string of the molecule is COCCC(COC)COCCCNC(=O)CCCC(=O)N1CCC1C(C)=O. The first-order valence-electron chi connectivity index (χ1n) is 10.1. The van der Waals surface area contributed by atoms with Gasteiger partial charge < -0.3 is 24.4 Å². The molecule has 0 aliphatic carbocycles. The second-order valence-corrected chi connectivity index (χ2v) is 7.24. The predicted molar refractivity (Wildman–Crippen MR) is 105 cm³/mol. The van der Waals surface area contributed by atoms with E-state index < -0.39 is 0 Å². The zero-order valence-corrected chi connectivity index (χ0v) is 17.5. The van der Waals surface area contributed by atoms with Gasteiger partial charge in [0.1, 0.15) is 0 Å². The zero-order valence-electron chi connectivity index (χ0n) is 17.5. The first-order valence-corrected chi connectivity index (χ1v) is 10.1. The summed E-state index contributed by atoms with van der Waals surface area (Å²) in [5.41, 5.74) is 0. The van der Waals surface area contributed by atoms with Crippen LogP contribution >= 0.6 is 0 Å². The lowest BCUT2D eigenvalue weighted by Gasteiger charge is -2.39. The Bertz CT molecular complexity index is 485. The van der Waals surface area contributed by atoms with Crippen LogP contribution in [0.3, 0.4) is 0 Å². The average molecular weight is 401 g/mol. The van der Waals surface area contributed by atoms with Gasteiger partial charge in [-0.3, -0.25) is 14.4 Å². The molecule has 0 saturated carbocycles. The van der Waals surface area contributed by atoms with E-state index in [9.17, 15) is 14.4 Å². The summed E-state index contributed by atoms with van der Waals surface area (Å²) < 4.78 is 15.9. The number of methoxy groups -OCH3 is 2. The molecule has 2 unspecified atom stereocenters. The van der Waals surface area contributed by atoms with Crippen molar-refractivity contribution < 1.29 is 28.6 Å². The lowest BCUT2D eigenvalue weighted by atomic mass is 9.98. The number of nitrogens with zero attached hydrogens (tertiary/aromatic N) is 1. The molecule has 2 atom stereocenters. The molecular formula is C20H36N2O6. The fourth-order valence-corrected chi connectivity index (χ4v) is 3.13. The molecule has 0 spiro atoms. The molecule has 0 aromatic heterocycles. The van der Waals surface area contributed by atoms with Gasteiger partial charge in [-0.1, -0.05) is 0 Å². The third kappa shape index (κ3) is 9.61. The molecule has 1 saturated heterocycles. The minimum absolute atomic E-state index is 0.0341. The second-order valence-electron chi connectivity index (χ2n) is 7.24. The summed E-state index contributed by atoms with van der Waals surface area (Å²) in [7, 11) is 3.35. The Morgan fingerprint density at radius 1 is 1.07 bits per heavy atom. The molecule has 1 aliphatic rings. The van der Waals surface area contributed by atoms with Crippen LogP contribution in [0.15, 0.2) is 0 Å². The smallest absolute Gasteiger partial charge is 0.223 e. The third-order valence-corrected chi connectivity index (χ3v) is 4.88. The Balaban J connectivity index is 2.02. The Kier molecular flexibility index (Phi) is 12.7. The van der Waals surface area contributed by atoms with Gasteiger partial charge in [-0.2, -0.15) is 0 Å². The fraction of sp³-hybridized carbons (Fsp3) is 0.850. The van der Waals surface area contributed by atoms with Crippen LogP contribution in [0.4, 0.5) is 0 Å². The standard InChI is InChI=1S/C20H36N2O6/c1-16(23)18-8-11-22(18)20(25)7-4-6-19(24)21-10-5-12-28-15-17(14-27-3)9-13-26-2/h17-18H,4-15H2,1-3H3,(H,21,24). The summed E-state index contributed by atoms with van der Waals surface area (Å²) in [5.74, 6) is 0.251. The number of hydrogen-bond acceptors (Lipinski definition) is 6. The molecule has 0 bridgehead atoms. The molecule has 8 heteroatoms. The molecule has 1 aliphatic heterocycles. The number of rotatable bonds is 16. The number of ether oxygens (including phenoxy) is 3. The molecule has 0 aromatic rings. The summed E-state index contributed by atoms with van der Waals surface area (Å²) >= 11 is 0.